The van der Waals surface area contributed by atoms with E-state index in [1.54, 1.807) is 12.2 Å². The van der Waals surface area contributed by atoms with Gasteiger partial charge in [0.15, 0.2) is 0 Å². The van der Waals surface area contributed by atoms with Gasteiger partial charge in [-0.25, -0.2) is 0 Å². The smallest absolute Gasteiger partial charge is 0 e. The first kappa shape index (κ1) is 50.1. The summed E-state index contributed by atoms with van der Waals surface area (Å²) in [7, 11) is 0. The molecule has 0 aliphatic heterocycles. The van der Waals surface area contributed by atoms with E-state index in [1.165, 1.54) is 0 Å². The Balaban J connectivity index is -0.0000000410. The van der Waals surface area contributed by atoms with Crippen molar-refractivity contribution in [3.05, 3.63) is 52.1 Å². The number of Topliss-reactive ketones (excluding diaryl/α,β-unsaturated/α-hetero) is 1. The molecule has 0 unspecified atom stereocenters. The van der Waals surface area contributed by atoms with Crippen LogP contribution in [0, 0.1) is 69.0 Å². The van der Waals surface area contributed by atoms with Gasteiger partial charge < -0.3 is 0 Å². The van der Waals surface area contributed by atoms with Crippen LogP contribution in [0.5, 0.6) is 0 Å². The number of hydrogen-bond donors (Lipinski definition) is 0. The molecule has 0 aromatic carbocycles. The van der Waals surface area contributed by atoms with E-state index in [-0.39, 0.29) is 44.8 Å². The SMILES string of the molecule is CC1(C)CC#C/C=C\C#CCCC1=O.[C-]#[O+].[C-]#[O+].[C-]#[O+].[C-]#[O+].[C-]#[O+].[C-]#[O+].[Co].[Co]. The summed E-state index contributed by atoms with van der Waals surface area (Å²) >= 11 is 0. The summed E-state index contributed by atoms with van der Waals surface area (Å²) in [6.07, 6.45) is 5.27. The Kier molecular flexibility index (Phi) is 101. The molecule has 0 bridgehead atoms. The zero-order valence-corrected chi connectivity index (χ0v) is 16.9. The molecular weight excluding hydrogens is 458 g/mol. The van der Waals surface area contributed by atoms with Gasteiger partial charge in [0.2, 0.25) is 0 Å². The van der Waals surface area contributed by atoms with Gasteiger partial charge in [0.25, 0.3) is 0 Å². The number of rotatable bonds is 0. The third-order valence-electron chi connectivity index (χ3n) is 2.22. The number of hydrogen-bond acceptors (Lipinski definition) is 1. The van der Waals surface area contributed by atoms with Crippen LogP contribution in [-0.2, 0) is 66.3 Å². The maximum absolute atomic E-state index is 11.7. The molecule has 0 N–H and O–H groups in total. The van der Waals surface area contributed by atoms with E-state index in [4.69, 9.17) is 27.9 Å². The van der Waals surface area contributed by atoms with Crippen LogP contribution in [0.2, 0.25) is 0 Å². The van der Waals surface area contributed by atoms with Crippen molar-refractivity contribution < 1.29 is 66.3 Å². The second kappa shape index (κ2) is 56.3. The van der Waals surface area contributed by atoms with Crippen molar-refractivity contribution in [3.8, 4) is 23.7 Å². The largest absolute Gasteiger partial charge is 0 e. The van der Waals surface area contributed by atoms with Crippen LogP contribution in [0.4, 0.5) is 0 Å². The topological polar surface area (TPSA) is 136 Å². The molecule has 9 heteroatoms. The molecule has 7 nitrogen and oxygen atoms in total. The fraction of sp³-hybridized carbons (Fsp3) is 0.316. The van der Waals surface area contributed by atoms with E-state index >= 15 is 0 Å². The molecule has 150 valence electrons. The standard InChI is InChI=1S/C13H14O.6CO.2Co/c1-13(2)11-9-7-5-3-4-6-8-10-12(13)14;6*1-2;;/h3,5H,8,10-11H2,1-2H3;;;;;;;;/b5-3-;;;;;;;;. The fourth-order valence-corrected chi connectivity index (χ4v) is 1.16. The quantitative estimate of drug-likeness (QED) is 0.298. The normalized spacial score (nSPS) is 11.4. The van der Waals surface area contributed by atoms with Crippen LogP contribution in [0.15, 0.2) is 12.2 Å². The van der Waals surface area contributed by atoms with Crippen LogP contribution in [0.3, 0.4) is 0 Å². The zero-order valence-electron chi connectivity index (χ0n) is 14.8. The van der Waals surface area contributed by atoms with E-state index in [1.807, 2.05) is 13.8 Å². The molecule has 0 fully saturated rings. The number of carbonyl (C=O) groups excluding carboxylic acids is 1. The van der Waals surface area contributed by atoms with Crippen molar-refractivity contribution in [2.24, 2.45) is 5.41 Å². The molecule has 1 aliphatic carbocycles. The Bertz CT molecular complexity index is 567. The van der Waals surface area contributed by atoms with E-state index in [9.17, 15) is 4.79 Å². The first-order valence-electron chi connectivity index (χ1n) is 6.00. The van der Waals surface area contributed by atoms with E-state index < -0.39 is 0 Å². The number of ketones is 1. The van der Waals surface area contributed by atoms with Gasteiger partial charge in [0.05, 0.1) is 0 Å². The van der Waals surface area contributed by atoms with Gasteiger partial charge in [-0.05, 0) is 12.2 Å². The van der Waals surface area contributed by atoms with Crippen molar-refractivity contribution in [2.45, 2.75) is 33.1 Å². The maximum atomic E-state index is 11.7. The zero-order chi connectivity index (χ0) is 22.4. The number of allylic oxidation sites excluding steroid dienone is 2. The first-order chi connectivity index (χ1) is 12.6. The van der Waals surface area contributed by atoms with Crippen molar-refractivity contribution in [3.63, 3.8) is 0 Å². The summed E-state index contributed by atoms with van der Waals surface area (Å²) in [5.74, 6) is 11.9. The van der Waals surface area contributed by atoms with Crippen molar-refractivity contribution in [2.75, 3.05) is 0 Å². The van der Waals surface area contributed by atoms with Crippen LogP contribution < -0.4 is 0 Å². The van der Waals surface area contributed by atoms with Crippen LogP contribution in [0.1, 0.15) is 33.1 Å². The predicted molar refractivity (Wildman–Crippen MR) is 80.9 cm³/mol. The first-order valence-corrected chi connectivity index (χ1v) is 6.00. The second-order valence-electron chi connectivity index (χ2n) is 3.96. The van der Waals surface area contributed by atoms with Crippen molar-refractivity contribution in [1.82, 2.24) is 0 Å². The molecule has 0 amide bonds. The molecule has 1 rings (SSSR count). The summed E-state index contributed by atoms with van der Waals surface area (Å²) in [6.45, 7) is 30.9. The van der Waals surface area contributed by atoms with Gasteiger partial charge >= 0.3 is 67.8 Å². The van der Waals surface area contributed by atoms with Crippen molar-refractivity contribution >= 4 is 5.78 Å². The summed E-state index contributed by atoms with van der Waals surface area (Å²) in [4.78, 5) is 11.7. The molecule has 0 heterocycles. The van der Waals surface area contributed by atoms with E-state index in [0.29, 0.717) is 19.3 Å². The average molecular weight is 472 g/mol. The Morgan fingerprint density at radius 3 is 1.43 bits per heavy atom. The Morgan fingerprint density at radius 2 is 1.07 bits per heavy atom. The third-order valence-corrected chi connectivity index (χ3v) is 2.22. The fourth-order valence-electron chi connectivity index (χ4n) is 1.16. The van der Waals surface area contributed by atoms with Crippen LogP contribution in [0.25, 0.3) is 0 Å². The maximum Gasteiger partial charge on any atom is 0 e. The minimum absolute atomic E-state index is 0. The molecule has 0 atom stereocenters. The van der Waals surface area contributed by atoms with Gasteiger partial charge in [-0.3, -0.25) is 4.79 Å². The summed E-state index contributed by atoms with van der Waals surface area (Å²) in [5.41, 5.74) is -0.327. The minimum Gasteiger partial charge on any atom is 0 e. The molecule has 0 aromatic heterocycles. The summed E-state index contributed by atoms with van der Waals surface area (Å²) in [6, 6.07) is 0. The minimum atomic E-state index is -0.327. The average Bonchev–Trinajstić information content (AvgIpc) is 2.78. The van der Waals surface area contributed by atoms with E-state index in [0.717, 1.165) is 0 Å². The van der Waals surface area contributed by atoms with Gasteiger partial charge in [0.1, 0.15) is 5.78 Å². The monoisotopic (exact) mass is 472 g/mol. The molecule has 1 aliphatic rings. The Morgan fingerprint density at radius 1 is 0.750 bits per heavy atom. The van der Waals surface area contributed by atoms with Gasteiger partial charge in [-0.15, -0.1) is 0 Å². The predicted octanol–water partition coefficient (Wildman–Crippen LogP) is 2.10. The Hall–Kier alpha value is -2.02. The molecule has 28 heavy (non-hydrogen) atoms. The second-order valence-corrected chi connectivity index (χ2v) is 3.96. The molecule has 0 spiro atoms. The van der Waals surface area contributed by atoms with Gasteiger partial charge in [-0.2, -0.15) is 0 Å². The molecule has 2 radical (unpaired) electrons. The van der Waals surface area contributed by atoms with Gasteiger partial charge in [0, 0.05) is 58.2 Å². The number of carbonyl (C=O) groups is 1. The Labute approximate surface area is 186 Å². The molecule has 0 saturated heterocycles. The molecule has 0 saturated carbocycles. The van der Waals surface area contributed by atoms with E-state index in [2.05, 4.69) is 63.6 Å². The molecule has 0 aromatic rings. The van der Waals surface area contributed by atoms with Gasteiger partial charge in [-0.1, -0.05) is 37.5 Å². The van der Waals surface area contributed by atoms with Crippen LogP contribution in [-0.4, -0.2) is 5.78 Å². The summed E-state index contributed by atoms with van der Waals surface area (Å²) < 4.78 is 45.0. The molecular formula is C19H14Co2O7. The third kappa shape index (κ3) is 43.9. The van der Waals surface area contributed by atoms with Crippen molar-refractivity contribution in [1.29, 1.82) is 0 Å². The summed E-state index contributed by atoms with van der Waals surface area (Å²) in [5, 5.41) is 0. The van der Waals surface area contributed by atoms with Crippen LogP contribution >= 0.6 is 0 Å².